The summed E-state index contributed by atoms with van der Waals surface area (Å²) in [6.45, 7) is 0.590. The van der Waals surface area contributed by atoms with Gasteiger partial charge in [-0.2, -0.15) is 4.98 Å². The van der Waals surface area contributed by atoms with E-state index in [-0.39, 0.29) is 17.1 Å². The molecule has 2 aromatic heterocycles. The summed E-state index contributed by atoms with van der Waals surface area (Å²) in [6, 6.07) is 0. The number of H-pyrrole nitrogens is 1. The molecule has 2 aromatic rings. The Bertz CT molecular complexity index is 860. The second-order valence-electron chi connectivity index (χ2n) is 5.42. The number of imidazole rings is 1. The summed E-state index contributed by atoms with van der Waals surface area (Å²) < 4.78 is 22.6. The molecule has 3 rings (SSSR count). The third-order valence-electron chi connectivity index (χ3n) is 3.54. The van der Waals surface area contributed by atoms with Gasteiger partial charge in [0.05, 0.1) is 12.9 Å². The molecule has 1 fully saturated rings. The number of hydrogen-bond donors (Lipinski definition) is 5. The maximum atomic E-state index is 11.8. The van der Waals surface area contributed by atoms with Crippen molar-refractivity contribution in [2.45, 2.75) is 24.5 Å². The predicted octanol–water partition coefficient (Wildman–Crippen LogP) is -1.85. The van der Waals surface area contributed by atoms with E-state index in [1.807, 2.05) is 0 Å². The van der Waals surface area contributed by atoms with Gasteiger partial charge in [-0.15, -0.1) is 0 Å². The third-order valence-corrected chi connectivity index (χ3v) is 4.17. The number of hydrogen-bond acceptors (Lipinski definition) is 9. The Morgan fingerprint density at radius 3 is 2.88 bits per heavy atom. The SMILES string of the molecule is CP(=O)(O)OC[C@H]1O[C@@H](n2cnc3c(=O)[nH]c(N)nc32)[C@H](O)[C@@H]1O. The summed E-state index contributed by atoms with van der Waals surface area (Å²) >= 11 is 0. The van der Waals surface area contributed by atoms with E-state index in [1.165, 1.54) is 10.9 Å². The van der Waals surface area contributed by atoms with E-state index in [9.17, 15) is 19.6 Å². The molecule has 132 valence electrons. The molecule has 0 aromatic carbocycles. The minimum Gasteiger partial charge on any atom is -0.387 e. The second-order valence-corrected chi connectivity index (χ2v) is 7.28. The Morgan fingerprint density at radius 2 is 2.21 bits per heavy atom. The number of rotatable bonds is 4. The Hall–Kier alpha value is -1.82. The molecular weight excluding hydrogens is 345 g/mol. The molecule has 0 aliphatic carbocycles. The van der Waals surface area contributed by atoms with E-state index in [4.69, 9.17) is 19.9 Å². The zero-order chi connectivity index (χ0) is 17.6. The first-order valence-electron chi connectivity index (χ1n) is 6.86. The van der Waals surface area contributed by atoms with Crippen molar-refractivity contribution >= 4 is 24.7 Å². The van der Waals surface area contributed by atoms with Crippen LogP contribution in [0.3, 0.4) is 0 Å². The quantitative estimate of drug-likeness (QED) is 0.387. The van der Waals surface area contributed by atoms with Gasteiger partial charge in [0.2, 0.25) is 5.95 Å². The summed E-state index contributed by atoms with van der Waals surface area (Å²) in [5, 5.41) is 20.2. The van der Waals surface area contributed by atoms with Gasteiger partial charge in [-0.05, 0) is 0 Å². The smallest absolute Gasteiger partial charge is 0.325 e. The average molecular weight is 361 g/mol. The number of nitrogen functional groups attached to an aromatic ring is 1. The second kappa shape index (κ2) is 5.92. The summed E-state index contributed by atoms with van der Waals surface area (Å²) in [5.74, 6) is -0.144. The Balaban J connectivity index is 1.90. The number of aromatic amines is 1. The third kappa shape index (κ3) is 3.07. The zero-order valence-corrected chi connectivity index (χ0v) is 13.3. The summed E-state index contributed by atoms with van der Waals surface area (Å²) in [7, 11) is -3.76. The van der Waals surface area contributed by atoms with Crippen LogP contribution >= 0.6 is 7.60 Å². The van der Waals surface area contributed by atoms with Crippen molar-refractivity contribution in [3.63, 3.8) is 0 Å². The fourth-order valence-electron chi connectivity index (χ4n) is 2.44. The van der Waals surface area contributed by atoms with Crippen LogP contribution in [0.25, 0.3) is 11.2 Å². The number of nitrogens with two attached hydrogens (primary N) is 1. The number of aromatic nitrogens is 4. The van der Waals surface area contributed by atoms with Crippen LogP contribution in [-0.2, 0) is 13.8 Å². The summed E-state index contributed by atoms with van der Waals surface area (Å²) in [4.78, 5) is 31.0. The number of ether oxygens (including phenoxy) is 1. The number of anilines is 1. The number of aliphatic hydroxyl groups is 2. The molecule has 0 saturated carbocycles. The Morgan fingerprint density at radius 1 is 1.50 bits per heavy atom. The first kappa shape index (κ1) is 17.0. The molecule has 0 bridgehead atoms. The highest BCUT2D eigenvalue weighted by Gasteiger charge is 2.45. The fraction of sp³-hybridized carbons (Fsp3) is 0.545. The highest BCUT2D eigenvalue weighted by Crippen LogP contribution is 2.39. The monoisotopic (exact) mass is 361 g/mol. The topological polar surface area (TPSA) is 186 Å². The van der Waals surface area contributed by atoms with E-state index in [0.29, 0.717) is 0 Å². The van der Waals surface area contributed by atoms with Crippen LogP contribution in [0.15, 0.2) is 11.1 Å². The van der Waals surface area contributed by atoms with Gasteiger partial charge in [0.25, 0.3) is 5.56 Å². The van der Waals surface area contributed by atoms with Crippen molar-refractivity contribution in [3.8, 4) is 0 Å². The highest BCUT2D eigenvalue weighted by atomic mass is 31.2. The number of nitrogens with one attached hydrogen (secondary N) is 1. The number of fused-ring (bicyclic) bond motifs is 1. The van der Waals surface area contributed by atoms with E-state index >= 15 is 0 Å². The van der Waals surface area contributed by atoms with E-state index in [2.05, 4.69) is 15.0 Å². The molecule has 13 heteroatoms. The summed E-state index contributed by atoms with van der Waals surface area (Å²) in [5.41, 5.74) is 4.99. The largest absolute Gasteiger partial charge is 0.387 e. The van der Waals surface area contributed by atoms with Gasteiger partial charge in [-0.25, -0.2) is 4.98 Å². The number of aliphatic hydroxyl groups excluding tert-OH is 2. The number of nitrogens with zero attached hydrogens (tertiary/aromatic N) is 3. The van der Waals surface area contributed by atoms with E-state index in [1.54, 1.807) is 0 Å². The average Bonchev–Trinajstić information content (AvgIpc) is 3.00. The molecule has 1 unspecified atom stereocenters. The molecular formula is C11H16N5O7P. The van der Waals surface area contributed by atoms with E-state index in [0.717, 1.165) is 6.66 Å². The predicted molar refractivity (Wildman–Crippen MR) is 80.2 cm³/mol. The normalized spacial score (nSPS) is 29.8. The van der Waals surface area contributed by atoms with Crippen LogP contribution in [0.1, 0.15) is 6.23 Å². The van der Waals surface area contributed by atoms with Crippen LogP contribution in [0.2, 0.25) is 0 Å². The Labute approximate surface area is 134 Å². The van der Waals surface area contributed by atoms with Gasteiger partial charge in [0.1, 0.15) is 18.3 Å². The minimum atomic E-state index is -3.76. The molecule has 1 aliphatic rings. The van der Waals surface area contributed by atoms with Gasteiger partial charge < -0.3 is 30.1 Å². The minimum absolute atomic E-state index is 0.0115. The molecule has 5 atom stereocenters. The van der Waals surface area contributed by atoms with Crippen LogP contribution in [0.4, 0.5) is 5.95 Å². The van der Waals surface area contributed by atoms with Crippen molar-refractivity contribution in [3.05, 3.63) is 16.7 Å². The lowest BCUT2D eigenvalue weighted by atomic mass is 10.1. The maximum Gasteiger partial charge on any atom is 0.325 e. The molecule has 12 nitrogen and oxygen atoms in total. The molecule has 0 amide bonds. The molecule has 0 radical (unpaired) electrons. The standard InChI is InChI=1S/C11H16N5O7P/c1-24(20,21)22-2-4-6(17)7(18)10(23-4)16-3-13-5-8(16)14-11(12)15-9(5)19/h3-4,6-7,10,17-18H,2H2,1H3,(H,20,21)(H3,12,14,15,19)/t4-,6-,7-,10-/m1/s1. The molecule has 24 heavy (non-hydrogen) atoms. The zero-order valence-electron chi connectivity index (χ0n) is 12.4. The van der Waals surface area contributed by atoms with Crippen molar-refractivity contribution in [2.24, 2.45) is 0 Å². The first-order chi connectivity index (χ1) is 11.2. The molecule has 3 heterocycles. The summed E-state index contributed by atoms with van der Waals surface area (Å²) in [6.07, 6.45) is -3.73. The van der Waals surface area contributed by atoms with E-state index < -0.39 is 44.3 Å². The van der Waals surface area contributed by atoms with Crippen molar-refractivity contribution in [2.75, 3.05) is 19.0 Å². The van der Waals surface area contributed by atoms with Crippen LogP contribution < -0.4 is 11.3 Å². The molecule has 0 spiro atoms. The van der Waals surface area contributed by atoms with Gasteiger partial charge in [-0.3, -0.25) is 18.9 Å². The van der Waals surface area contributed by atoms with Crippen molar-refractivity contribution in [1.82, 2.24) is 19.5 Å². The van der Waals surface area contributed by atoms with Gasteiger partial charge in [0, 0.05) is 6.66 Å². The van der Waals surface area contributed by atoms with Gasteiger partial charge in [-0.1, -0.05) is 0 Å². The Kier molecular flexibility index (Phi) is 4.20. The lowest BCUT2D eigenvalue weighted by molar-refractivity contribution is -0.0483. The van der Waals surface area contributed by atoms with Gasteiger partial charge >= 0.3 is 7.60 Å². The van der Waals surface area contributed by atoms with Crippen LogP contribution in [0.5, 0.6) is 0 Å². The first-order valence-corrected chi connectivity index (χ1v) is 8.88. The fourth-order valence-corrected chi connectivity index (χ4v) is 2.86. The van der Waals surface area contributed by atoms with Crippen molar-refractivity contribution in [1.29, 1.82) is 0 Å². The lowest BCUT2D eigenvalue weighted by Crippen LogP contribution is -2.33. The molecule has 1 aliphatic heterocycles. The lowest BCUT2D eigenvalue weighted by Gasteiger charge is -2.16. The van der Waals surface area contributed by atoms with Crippen LogP contribution in [-0.4, -0.2) is 66.2 Å². The van der Waals surface area contributed by atoms with Crippen LogP contribution in [0, 0.1) is 0 Å². The molecule has 1 saturated heterocycles. The van der Waals surface area contributed by atoms with Gasteiger partial charge in [0.15, 0.2) is 17.4 Å². The van der Waals surface area contributed by atoms with Crippen molar-refractivity contribution < 1.29 is 28.9 Å². The maximum absolute atomic E-state index is 11.8. The molecule has 6 N–H and O–H groups in total. The highest BCUT2D eigenvalue weighted by molar-refractivity contribution is 7.51.